The summed E-state index contributed by atoms with van der Waals surface area (Å²) >= 11 is 0. The van der Waals surface area contributed by atoms with Gasteiger partial charge in [0, 0.05) is 29.7 Å². The summed E-state index contributed by atoms with van der Waals surface area (Å²) in [6.45, 7) is 5.12. The molecule has 6 heteroatoms. The summed E-state index contributed by atoms with van der Waals surface area (Å²) in [7, 11) is 0. The highest BCUT2D eigenvalue weighted by Crippen LogP contribution is 2.35. The highest BCUT2D eigenvalue weighted by Gasteiger charge is 2.16. The Balaban J connectivity index is 1.88. The van der Waals surface area contributed by atoms with Gasteiger partial charge in [0.2, 0.25) is 5.97 Å². The quantitative estimate of drug-likeness (QED) is 0.0967. The predicted octanol–water partition coefficient (Wildman–Crippen LogP) is 6.00. The van der Waals surface area contributed by atoms with Crippen molar-refractivity contribution >= 4 is 28.6 Å². The maximum atomic E-state index is 13.9. The number of hydrogen-bond donors (Lipinski definition) is 3. The molecule has 1 aromatic heterocycles. The molecule has 0 atom stereocenters. The van der Waals surface area contributed by atoms with Gasteiger partial charge < -0.3 is 11.1 Å². The first kappa shape index (κ1) is 26.7. The molecule has 0 aliphatic heterocycles. The zero-order chi connectivity index (χ0) is 25.9. The number of aromatic nitrogens is 1. The van der Waals surface area contributed by atoms with Crippen molar-refractivity contribution in [2.45, 2.75) is 33.1 Å². The zero-order valence-corrected chi connectivity index (χ0v) is 20.9. The molecule has 5 nitrogen and oxygen atoms in total. The lowest BCUT2D eigenvalue weighted by Crippen LogP contribution is -2.16. The number of halogens is 1. The van der Waals surface area contributed by atoms with Crippen LogP contribution in [0.15, 0.2) is 79.0 Å². The Morgan fingerprint density at radius 3 is 2.47 bits per heavy atom. The van der Waals surface area contributed by atoms with Crippen LogP contribution in [0.1, 0.15) is 54.6 Å². The molecule has 2 aromatic carbocycles. The molecular weight excluding hydrogens is 451 g/mol. The standard InChI is InChI=1S/C30H33FN4O/c1-3-26(22-10-5-4-6-11-22)29(23-14-16-28(32)27(19-23)30(31)33)24-13-15-25(35-20-24)12-8-18-34-17-7-9-21(2)36/h4-7,9-11,13-16,19-20,33-34H,3,8,12,17-18,32H2,1-2H3/b9-7+,29-26-,33-30?. The third-order valence-corrected chi connectivity index (χ3v) is 5.87. The SMILES string of the molecule is CC/C(=C(/c1ccc(CCCNC/C=C/C(C)=O)nc1)c1ccc(N)c(C(=N)F)c1)c1ccccc1. The van der Waals surface area contributed by atoms with Crippen LogP contribution in [0.25, 0.3) is 11.1 Å². The van der Waals surface area contributed by atoms with E-state index in [2.05, 4.69) is 30.4 Å². The van der Waals surface area contributed by atoms with Crippen LogP contribution < -0.4 is 11.1 Å². The Morgan fingerprint density at radius 1 is 1.08 bits per heavy atom. The number of allylic oxidation sites excluding steroid dienone is 2. The van der Waals surface area contributed by atoms with Gasteiger partial charge in [0.05, 0.1) is 5.56 Å². The number of pyridine rings is 1. The Labute approximate surface area is 212 Å². The van der Waals surface area contributed by atoms with Crippen molar-refractivity contribution in [1.82, 2.24) is 10.3 Å². The number of carbonyl (C=O) groups excluding carboxylic acids is 1. The van der Waals surface area contributed by atoms with E-state index in [4.69, 9.17) is 16.1 Å². The number of hydrogen-bond acceptors (Lipinski definition) is 5. The van der Waals surface area contributed by atoms with Gasteiger partial charge in [-0.3, -0.25) is 15.2 Å². The average molecular weight is 485 g/mol. The summed E-state index contributed by atoms with van der Waals surface area (Å²) in [5.41, 5.74) is 12.1. The van der Waals surface area contributed by atoms with Crippen molar-refractivity contribution in [2.24, 2.45) is 0 Å². The fourth-order valence-corrected chi connectivity index (χ4v) is 4.11. The number of nitrogen functional groups attached to an aromatic ring is 1. The molecule has 3 rings (SSSR count). The van der Waals surface area contributed by atoms with Gasteiger partial charge in [0.15, 0.2) is 5.78 Å². The first-order chi connectivity index (χ1) is 17.4. The molecule has 0 unspecified atom stereocenters. The lowest BCUT2D eigenvalue weighted by atomic mass is 9.88. The second-order valence-electron chi connectivity index (χ2n) is 8.55. The third-order valence-electron chi connectivity index (χ3n) is 5.87. The molecule has 36 heavy (non-hydrogen) atoms. The number of nitrogens with zero attached hydrogens (tertiary/aromatic N) is 1. The Morgan fingerprint density at radius 2 is 1.83 bits per heavy atom. The number of anilines is 1. The first-order valence-electron chi connectivity index (χ1n) is 12.2. The van der Waals surface area contributed by atoms with E-state index < -0.39 is 5.97 Å². The Bertz CT molecular complexity index is 1250. The van der Waals surface area contributed by atoms with Crippen LogP contribution in [-0.4, -0.2) is 29.8 Å². The maximum absolute atomic E-state index is 13.9. The summed E-state index contributed by atoms with van der Waals surface area (Å²) in [6, 6.07) is 19.4. The smallest absolute Gasteiger partial charge is 0.214 e. The number of aryl methyl sites for hydroxylation is 1. The molecule has 186 valence electrons. The number of nitrogens with one attached hydrogen (secondary N) is 2. The van der Waals surface area contributed by atoms with Crippen LogP contribution in [0.2, 0.25) is 0 Å². The topological polar surface area (TPSA) is 91.9 Å². The van der Waals surface area contributed by atoms with E-state index in [9.17, 15) is 9.18 Å². The van der Waals surface area contributed by atoms with Crippen molar-refractivity contribution in [3.63, 3.8) is 0 Å². The predicted molar refractivity (Wildman–Crippen MR) is 147 cm³/mol. The van der Waals surface area contributed by atoms with Gasteiger partial charge in [0.1, 0.15) is 0 Å². The molecule has 0 bridgehead atoms. The van der Waals surface area contributed by atoms with Crippen LogP contribution in [0, 0.1) is 5.41 Å². The van der Waals surface area contributed by atoms with E-state index in [1.165, 1.54) is 6.92 Å². The minimum Gasteiger partial charge on any atom is -0.398 e. The van der Waals surface area contributed by atoms with Crippen molar-refractivity contribution in [2.75, 3.05) is 18.8 Å². The molecular formula is C30H33FN4O. The van der Waals surface area contributed by atoms with Gasteiger partial charge in [-0.1, -0.05) is 55.5 Å². The van der Waals surface area contributed by atoms with Gasteiger partial charge in [-0.2, -0.15) is 4.39 Å². The van der Waals surface area contributed by atoms with Gasteiger partial charge in [0.25, 0.3) is 0 Å². The van der Waals surface area contributed by atoms with E-state index in [-0.39, 0.29) is 17.0 Å². The van der Waals surface area contributed by atoms with Crippen molar-refractivity contribution in [1.29, 1.82) is 5.41 Å². The average Bonchev–Trinajstić information content (AvgIpc) is 2.88. The highest BCUT2D eigenvalue weighted by atomic mass is 19.1. The van der Waals surface area contributed by atoms with Crippen LogP contribution in [0.4, 0.5) is 10.1 Å². The maximum Gasteiger partial charge on any atom is 0.214 e. The molecule has 3 aromatic rings. The van der Waals surface area contributed by atoms with Gasteiger partial charge in [-0.15, -0.1) is 0 Å². The normalized spacial score (nSPS) is 12.0. The number of benzene rings is 2. The van der Waals surface area contributed by atoms with Gasteiger partial charge >= 0.3 is 0 Å². The molecule has 0 amide bonds. The molecule has 0 aliphatic carbocycles. The van der Waals surface area contributed by atoms with Gasteiger partial charge in [-0.25, -0.2) is 0 Å². The summed E-state index contributed by atoms with van der Waals surface area (Å²) in [4.78, 5) is 15.6. The molecule has 0 fully saturated rings. The van der Waals surface area contributed by atoms with Crippen LogP contribution in [0.5, 0.6) is 0 Å². The number of nitrogens with two attached hydrogens (primary N) is 1. The fraction of sp³-hybridized carbons (Fsp3) is 0.233. The Kier molecular flexibility index (Phi) is 9.83. The van der Waals surface area contributed by atoms with Crippen LogP contribution in [-0.2, 0) is 11.2 Å². The van der Waals surface area contributed by atoms with Gasteiger partial charge in [-0.05, 0) is 79.3 Å². The molecule has 0 aliphatic rings. The molecule has 1 heterocycles. The highest BCUT2D eigenvalue weighted by molar-refractivity contribution is 6.02. The van der Waals surface area contributed by atoms with Crippen LogP contribution in [0.3, 0.4) is 0 Å². The number of ketones is 1. The summed E-state index contributed by atoms with van der Waals surface area (Å²) < 4.78 is 13.9. The molecule has 0 spiro atoms. The van der Waals surface area contributed by atoms with E-state index in [1.807, 2.05) is 42.6 Å². The molecule has 4 N–H and O–H groups in total. The van der Waals surface area contributed by atoms with Crippen molar-refractivity contribution in [3.05, 3.63) is 107 Å². The first-order valence-corrected chi connectivity index (χ1v) is 12.2. The minimum atomic E-state index is -1.05. The largest absolute Gasteiger partial charge is 0.398 e. The molecule has 0 saturated heterocycles. The Hall–Kier alpha value is -3.90. The second kappa shape index (κ2) is 13.3. The van der Waals surface area contributed by atoms with Crippen LogP contribution >= 0.6 is 0 Å². The number of carbonyl (C=O) groups is 1. The monoisotopic (exact) mass is 484 g/mol. The lowest BCUT2D eigenvalue weighted by molar-refractivity contribution is -0.112. The van der Waals surface area contributed by atoms with Crippen molar-refractivity contribution in [3.8, 4) is 0 Å². The minimum absolute atomic E-state index is 0.0474. The fourth-order valence-electron chi connectivity index (χ4n) is 4.11. The van der Waals surface area contributed by atoms with Crippen molar-refractivity contribution < 1.29 is 9.18 Å². The summed E-state index contributed by atoms with van der Waals surface area (Å²) in [5.74, 6) is -1.00. The number of rotatable bonds is 12. The summed E-state index contributed by atoms with van der Waals surface area (Å²) in [6.07, 6.45) is 7.77. The molecule has 0 radical (unpaired) electrons. The van der Waals surface area contributed by atoms with E-state index in [1.54, 1.807) is 18.2 Å². The lowest BCUT2D eigenvalue weighted by Gasteiger charge is -2.17. The molecule has 0 saturated carbocycles. The van der Waals surface area contributed by atoms with E-state index in [0.717, 1.165) is 59.3 Å². The van der Waals surface area contributed by atoms with E-state index in [0.29, 0.717) is 6.54 Å². The second-order valence-corrected chi connectivity index (χ2v) is 8.55. The van der Waals surface area contributed by atoms with E-state index >= 15 is 0 Å². The summed E-state index contributed by atoms with van der Waals surface area (Å²) in [5, 5.41) is 10.8. The zero-order valence-electron chi connectivity index (χ0n) is 20.9. The third kappa shape index (κ3) is 7.30.